The Morgan fingerprint density at radius 1 is 1.25 bits per heavy atom. The first-order valence-electron chi connectivity index (χ1n) is 7.21. The number of halogens is 1. The molecule has 20 heavy (non-hydrogen) atoms. The largest absolute Gasteiger partial charge is 0.374 e. The van der Waals surface area contributed by atoms with Crippen molar-refractivity contribution in [2.24, 2.45) is 0 Å². The summed E-state index contributed by atoms with van der Waals surface area (Å²) in [6.45, 7) is 7.71. The Bertz CT molecular complexity index is 405. The van der Waals surface area contributed by atoms with Crippen molar-refractivity contribution in [1.29, 1.82) is 0 Å². The van der Waals surface area contributed by atoms with E-state index in [9.17, 15) is 0 Å². The number of nitrogens with zero attached hydrogens (tertiary/aromatic N) is 1. The summed E-state index contributed by atoms with van der Waals surface area (Å²) in [5.41, 5.74) is 1.06. The molecule has 0 saturated carbocycles. The normalized spacial score (nSPS) is 10.8. The summed E-state index contributed by atoms with van der Waals surface area (Å²) in [5, 5.41) is 0.735. The first kappa shape index (κ1) is 17.4. The highest BCUT2D eigenvalue weighted by Crippen LogP contribution is 2.21. The van der Waals surface area contributed by atoms with E-state index in [4.69, 9.17) is 28.6 Å². The van der Waals surface area contributed by atoms with Gasteiger partial charge in [0.1, 0.15) is 4.99 Å². The number of rotatable bonds is 8. The van der Waals surface area contributed by atoms with Gasteiger partial charge in [0.2, 0.25) is 0 Å². The van der Waals surface area contributed by atoms with Gasteiger partial charge in [0.15, 0.2) is 0 Å². The van der Waals surface area contributed by atoms with Crippen LogP contribution in [0.3, 0.4) is 0 Å². The van der Waals surface area contributed by atoms with Gasteiger partial charge in [0.05, 0.1) is 6.61 Å². The second-order valence-corrected chi connectivity index (χ2v) is 6.00. The third kappa shape index (κ3) is 5.78. The Balaban J connectivity index is 2.57. The minimum absolute atomic E-state index is 0.294. The minimum atomic E-state index is 0.294. The van der Waals surface area contributed by atoms with Crippen LogP contribution >= 0.6 is 23.8 Å². The van der Waals surface area contributed by atoms with Crippen molar-refractivity contribution in [3.63, 3.8) is 0 Å². The van der Waals surface area contributed by atoms with Crippen molar-refractivity contribution < 1.29 is 4.74 Å². The lowest BCUT2D eigenvalue weighted by Gasteiger charge is -2.29. The van der Waals surface area contributed by atoms with Crippen LogP contribution in [-0.4, -0.2) is 24.2 Å². The van der Waals surface area contributed by atoms with Gasteiger partial charge in [-0.1, -0.05) is 43.6 Å². The maximum absolute atomic E-state index is 5.93. The number of unbranched alkanes of at least 4 members (excludes halogenated alkanes) is 2. The monoisotopic (exact) mass is 313 g/mol. The fraction of sp³-hybridized carbons (Fsp3) is 0.562. The topological polar surface area (TPSA) is 12.5 Å². The Labute approximate surface area is 133 Å². The zero-order valence-electron chi connectivity index (χ0n) is 12.6. The molecule has 0 N–H and O–H groups in total. The van der Waals surface area contributed by atoms with Crippen molar-refractivity contribution in [1.82, 2.24) is 0 Å². The molecule has 0 bridgehead atoms. The molecule has 0 saturated heterocycles. The molecule has 4 heteroatoms. The lowest BCUT2D eigenvalue weighted by Crippen LogP contribution is -2.38. The lowest BCUT2D eigenvalue weighted by molar-refractivity contribution is 0.167. The van der Waals surface area contributed by atoms with E-state index in [1.165, 1.54) is 12.8 Å². The Kier molecular flexibility index (Phi) is 8.12. The molecule has 0 aliphatic rings. The molecule has 0 atom stereocenters. The minimum Gasteiger partial charge on any atom is -0.374 e. The predicted octanol–water partition coefficient (Wildman–Crippen LogP) is 5.09. The van der Waals surface area contributed by atoms with E-state index in [0.29, 0.717) is 12.6 Å². The van der Waals surface area contributed by atoms with Gasteiger partial charge in [-0.25, -0.2) is 0 Å². The standard InChI is InChI=1S/C16H24ClNOS/c1-4-5-6-11-19-12-16(20)18(13(2)3)15-9-7-14(17)8-10-15/h7-10,13H,4-6,11-12H2,1-3H3. The third-order valence-electron chi connectivity index (χ3n) is 3.01. The van der Waals surface area contributed by atoms with E-state index in [0.717, 1.165) is 28.7 Å². The Morgan fingerprint density at radius 3 is 2.45 bits per heavy atom. The number of thiocarbonyl (C=S) groups is 1. The quantitative estimate of drug-likeness (QED) is 0.490. The van der Waals surface area contributed by atoms with E-state index >= 15 is 0 Å². The fourth-order valence-electron chi connectivity index (χ4n) is 2.01. The molecular weight excluding hydrogens is 290 g/mol. The molecule has 1 aromatic carbocycles. The highest BCUT2D eigenvalue weighted by atomic mass is 35.5. The molecule has 0 unspecified atom stereocenters. The van der Waals surface area contributed by atoms with Crippen LogP contribution in [0.25, 0.3) is 0 Å². The Morgan fingerprint density at radius 2 is 1.90 bits per heavy atom. The summed E-state index contributed by atoms with van der Waals surface area (Å²) in [5.74, 6) is 0. The van der Waals surface area contributed by atoms with E-state index in [1.54, 1.807) is 0 Å². The number of anilines is 1. The molecule has 0 aromatic heterocycles. The molecule has 0 radical (unpaired) electrons. The van der Waals surface area contributed by atoms with Crippen LogP contribution in [0, 0.1) is 0 Å². The second kappa shape index (κ2) is 9.32. The van der Waals surface area contributed by atoms with Crippen LogP contribution in [0.15, 0.2) is 24.3 Å². The summed E-state index contributed by atoms with van der Waals surface area (Å²) in [6.07, 6.45) is 3.51. The van der Waals surface area contributed by atoms with Crippen LogP contribution in [0.5, 0.6) is 0 Å². The van der Waals surface area contributed by atoms with Crippen LogP contribution in [0.4, 0.5) is 5.69 Å². The van der Waals surface area contributed by atoms with Crippen molar-refractivity contribution in [2.45, 2.75) is 46.1 Å². The SMILES string of the molecule is CCCCCOCC(=S)N(c1ccc(Cl)cc1)C(C)C. The van der Waals surface area contributed by atoms with Gasteiger partial charge in [0, 0.05) is 23.4 Å². The summed E-state index contributed by atoms with van der Waals surface area (Å²) in [6, 6.07) is 8.05. The van der Waals surface area contributed by atoms with Gasteiger partial charge >= 0.3 is 0 Å². The molecule has 2 nitrogen and oxygen atoms in total. The van der Waals surface area contributed by atoms with Crippen LogP contribution in [-0.2, 0) is 4.74 Å². The summed E-state index contributed by atoms with van der Waals surface area (Å²) >= 11 is 11.4. The zero-order chi connectivity index (χ0) is 15.0. The van der Waals surface area contributed by atoms with Crippen molar-refractivity contribution in [3.05, 3.63) is 29.3 Å². The smallest absolute Gasteiger partial charge is 0.109 e. The van der Waals surface area contributed by atoms with Crippen LogP contribution in [0.2, 0.25) is 5.02 Å². The highest BCUT2D eigenvalue weighted by molar-refractivity contribution is 7.80. The maximum atomic E-state index is 5.93. The lowest BCUT2D eigenvalue weighted by atomic mass is 10.2. The van der Waals surface area contributed by atoms with Gasteiger partial charge in [-0.15, -0.1) is 0 Å². The molecule has 0 spiro atoms. The van der Waals surface area contributed by atoms with Gasteiger partial charge in [-0.2, -0.15) is 0 Å². The van der Waals surface area contributed by atoms with Gasteiger partial charge in [0.25, 0.3) is 0 Å². The number of ether oxygens (including phenoxy) is 1. The molecule has 0 aliphatic carbocycles. The van der Waals surface area contributed by atoms with Crippen LogP contribution < -0.4 is 4.90 Å². The van der Waals surface area contributed by atoms with Crippen LogP contribution in [0.1, 0.15) is 40.0 Å². The maximum Gasteiger partial charge on any atom is 0.109 e. The molecule has 0 heterocycles. The predicted molar refractivity (Wildman–Crippen MR) is 92.0 cm³/mol. The average Bonchev–Trinajstić information content (AvgIpc) is 2.40. The van der Waals surface area contributed by atoms with Gasteiger partial charge in [-0.05, 0) is 44.5 Å². The summed E-state index contributed by atoms with van der Waals surface area (Å²) in [7, 11) is 0. The molecule has 112 valence electrons. The average molecular weight is 314 g/mol. The first-order chi connectivity index (χ1) is 9.56. The highest BCUT2D eigenvalue weighted by Gasteiger charge is 2.15. The number of hydrogen-bond donors (Lipinski definition) is 0. The zero-order valence-corrected chi connectivity index (χ0v) is 14.1. The fourth-order valence-corrected chi connectivity index (χ4v) is 2.54. The summed E-state index contributed by atoms with van der Waals surface area (Å²) < 4.78 is 5.66. The van der Waals surface area contributed by atoms with Crippen molar-refractivity contribution >= 4 is 34.5 Å². The molecule has 0 fully saturated rings. The number of hydrogen-bond acceptors (Lipinski definition) is 2. The van der Waals surface area contributed by atoms with Crippen molar-refractivity contribution in [3.8, 4) is 0 Å². The second-order valence-electron chi connectivity index (χ2n) is 5.09. The molecule has 1 rings (SSSR count). The number of benzene rings is 1. The molecule has 0 amide bonds. The summed E-state index contributed by atoms with van der Waals surface area (Å²) in [4.78, 5) is 2.93. The van der Waals surface area contributed by atoms with E-state index in [-0.39, 0.29) is 0 Å². The third-order valence-corrected chi connectivity index (χ3v) is 3.57. The van der Waals surface area contributed by atoms with Gasteiger partial charge < -0.3 is 9.64 Å². The van der Waals surface area contributed by atoms with E-state index in [2.05, 4.69) is 25.7 Å². The van der Waals surface area contributed by atoms with Gasteiger partial charge in [-0.3, -0.25) is 0 Å². The van der Waals surface area contributed by atoms with Crippen molar-refractivity contribution in [2.75, 3.05) is 18.1 Å². The first-order valence-corrected chi connectivity index (χ1v) is 8.00. The van der Waals surface area contributed by atoms with E-state index < -0.39 is 0 Å². The molecule has 1 aromatic rings. The molecule has 0 aliphatic heterocycles. The Hall–Kier alpha value is -0.640. The molecular formula is C16H24ClNOS. The van der Waals surface area contributed by atoms with E-state index in [1.807, 2.05) is 24.3 Å².